The Hall–Kier alpha value is -3.46. The molecule has 0 aromatic heterocycles. The summed E-state index contributed by atoms with van der Waals surface area (Å²) in [4.78, 5) is 52.5. The van der Waals surface area contributed by atoms with Crippen molar-refractivity contribution in [2.45, 2.75) is 19.3 Å². The number of halogens is 1. The van der Waals surface area contributed by atoms with E-state index >= 15 is 0 Å². The van der Waals surface area contributed by atoms with Gasteiger partial charge in [0.1, 0.15) is 18.1 Å². The van der Waals surface area contributed by atoms with Crippen molar-refractivity contribution in [1.29, 1.82) is 0 Å². The highest BCUT2D eigenvalue weighted by atomic mass is 32.2. The van der Waals surface area contributed by atoms with Crippen LogP contribution in [0.25, 0.3) is 6.08 Å². The van der Waals surface area contributed by atoms with Crippen LogP contribution < -0.4 is 4.74 Å². The summed E-state index contributed by atoms with van der Waals surface area (Å²) in [6.07, 6.45) is 4.51. The highest BCUT2D eigenvalue weighted by molar-refractivity contribution is 8.18. The molecule has 2 fully saturated rings. The van der Waals surface area contributed by atoms with Crippen LogP contribution in [0.1, 0.15) is 35.2 Å². The van der Waals surface area contributed by atoms with Crippen LogP contribution in [0.3, 0.4) is 0 Å². The number of hydrogen-bond donors (Lipinski definition) is 0. The highest BCUT2D eigenvalue weighted by Crippen LogP contribution is 2.32. The molecule has 2 aromatic rings. The maximum absolute atomic E-state index is 13.0. The van der Waals surface area contributed by atoms with Crippen molar-refractivity contribution < 1.29 is 28.3 Å². The van der Waals surface area contributed by atoms with Gasteiger partial charge in [-0.05, 0) is 79.1 Å². The average Bonchev–Trinajstić information content (AvgIpc) is 3.08. The van der Waals surface area contributed by atoms with Crippen LogP contribution in [0.5, 0.6) is 5.75 Å². The first-order chi connectivity index (χ1) is 15.9. The van der Waals surface area contributed by atoms with Crippen LogP contribution in [0, 0.1) is 5.82 Å². The maximum Gasteiger partial charge on any atom is 0.343 e. The van der Waals surface area contributed by atoms with E-state index < -0.39 is 22.9 Å². The Labute approximate surface area is 194 Å². The van der Waals surface area contributed by atoms with Crippen LogP contribution in [0.2, 0.25) is 0 Å². The number of carbonyl (C=O) groups excluding carboxylic acids is 4. The smallest absolute Gasteiger partial charge is 0.343 e. The van der Waals surface area contributed by atoms with Crippen LogP contribution in [-0.2, 0) is 9.59 Å². The first kappa shape index (κ1) is 22.7. The van der Waals surface area contributed by atoms with Crippen LogP contribution >= 0.6 is 11.8 Å². The Morgan fingerprint density at radius 3 is 2.30 bits per heavy atom. The fraction of sp³-hybridized carbons (Fsp3) is 0.250. The minimum Gasteiger partial charge on any atom is -0.423 e. The minimum absolute atomic E-state index is 0.216. The highest BCUT2D eigenvalue weighted by Gasteiger charge is 2.37. The van der Waals surface area contributed by atoms with Gasteiger partial charge >= 0.3 is 5.97 Å². The lowest BCUT2D eigenvalue weighted by Crippen LogP contribution is -2.44. The zero-order valence-electron chi connectivity index (χ0n) is 17.7. The monoisotopic (exact) mass is 468 g/mol. The standard InChI is InChI=1S/C24H21FN2O5S/c25-18-8-6-17(7-9-18)23(30)32-19-10-4-16(5-11-19)14-20-22(29)27(24(31)33-20)15-21(28)26-12-2-1-3-13-26/h4-11,14H,1-3,12-13,15H2/b20-14-. The second kappa shape index (κ2) is 9.99. The second-order valence-corrected chi connectivity index (χ2v) is 8.67. The van der Waals surface area contributed by atoms with E-state index in [4.69, 9.17) is 4.74 Å². The van der Waals surface area contributed by atoms with Crippen molar-refractivity contribution >= 4 is 40.9 Å². The lowest BCUT2D eigenvalue weighted by molar-refractivity contribution is -0.136. The molecule has 4 rings (SSSR count). The summed E-state index contributed by atoms with van der Waals surface area (Å²) in [5.74, 6) is -1.51. The third kappa shape index (κ3) is 5.48. The number of benzene rings is 2. The molecule has 2 heterocycles. The Morgan fingerprint density at radius 2 is 1.64 bits per heavy atom. The normalized spacial score (nSPS) is 17.5. The molecule has 9 heteroatoms. The number of likely N-dealkylation sites (tertiary alicyclic amines) is 1. The first-order valence-electron chi connectivity index (χ1n) is 10.5. The van der Waals surface area contributed by atoms with Gasteiger partial charge in [0.15, 0.2) is 0 Å². The molecule has 0 N–H and O–H groups in total. The zero-order chi connectivity index (χ0) is 23.4. The number of rotatable bonds is 5. The number of nitrogens with zero attached hydrogens (tertiary/aromatic N) is 2. The van der Waals surface area contributed by atoms with Crippen LogP contribution in [-0.4, -0.2) is 52.5 Å². The molecule has 2 aliphatic rings. The summed E-state index contributed by atoms with van der Waals surface area (Å²) in [5.41, 5.74) is 0.845. The maximum atomic E-state index is 13.0. The Morgan fingerprint density at radius 1 is 0.970 bits per heavy atom. The van der Waals surface area contributed by atoms with E-state index in [1.165, 1.54) is 24.3 Å². The molecule has 0 radical (unpaired) electrons. The molecular weight excluding hydrogens is 447 g/mol. The van der Waals surface area contributed by atoms with E-state index in [2.05, 4.69) is 0 Å². The summed E-state index contributed by atoms with van der Waals surface area (Å²) in [6, 6.07) is 11.4. The van der Waals surface area contributed by atoms with E-state index in [1.54, 1.807) is 35.2 Å². The largest absolute Gasteiger partial charge is 0.423 e. The quantitative estimate of drug-likeness (QED) is 0.373. The van der Waals surface area contributed by atoms with E-state index in [0.717, 1.165) is 35.9 Å². The van der Waals surface area contributed by atoms with Gasteiger partial charge in [0.25, 0.3) is 11.1 Å². The van der Waals surface area contributed by atoms with Crippen molar-refractivity contribution in [3.05, 3.63) is 70.4 Å². The van der Waals surface area contributed by atoms with Gasteiger partial charge in [-0.15, -0.1) is 0 Å². The summed E-state index contributed by atoms with van der Waals surface area (Å²) >= 11 is 0.790. The average molecular weight is 469 g/mol. The number of esters is 1. The van der Waals surface area contributed by atoms with Gasteiger partial charge < -0.3 is 9.64 Å². The SMILES string of the molecule is O=C(Oc1ccc(/C=C2\SC(=O)N(CC(=O)N3CCCCC3)C2=O)cc1)c1ccc(F)cc1. The van der Waals surface area contributed by atoms with Crippen molar-refractivity contribution in [2.24, 2.45) is 0 Å². The molecule has 7 nitrogen and oxygen atoms in total. The van der Waals surface area contributed by atoms with Crippen molar-refractivity contribution in [3.63, 3.8) is 0 Å². The third-order valence-corrected chi connectivity index (χ3v) is 6.25. The van der Waals surface area contributed by atoms with Crippen molar-refractivity contribution in [3.8, 4) is 5.75 Å². The van der Waals surface area contributed by atoms with Gasteiger partial charge in [-0.3, -0.25) is 19.3 Å². The van der Waals surface area contributed by atoms with Crippen molar-refractivity contribution in [1.82, 2.24) is 9.80 Å². The van der Waals surface area contributed by atoms with Crippen LogP contribution in [0.15, 0.2) is 53.4 Å². The topological polar surface area (TPSA) is 84.0 Å². The number of carbonyl (C=O) groups is 4. The first-order valence-corrected chi connectivity index (χ1v) is 11.3. The molecule has 0 saturated carbocycles. The lowest BCUT2D eigenvalue weighted by Gasteiger charge is -2.27. The van der Waals surface area contributed by atoms with Gasteiger partial charge in [0.2, 0.25) is 5.91 Å². The van der Waals surface area contributed by atoms with E-state index in [9.17, 15) is 23.6 Å². The lowest BCUT2D eigenvalue weighted by atomic mass is 10.1. The second-order valence-electron chi connectivity index (χ2n) is 7.67. The summed E-state index contributed by atoms with van der Waals surface area (Å²) in [5, 5.41) is -0.471. The number of thioether (sulfide) groups is 1. The molecule has 2 saturated heterocycles. The fourth-order valence-corrected chi connectivity index (χ4v) is 4.39. The van der Waals surface area contributed by atoms with E-state index in [0.29, 0.717) is 18.7 Å². The van der Waals surface area contributed by atoms with Gasteiger partial charge in [0.05, 0.1) is 10.5 Å². The fourth-order valence-electron chi connectivity index (χ4n) is 3.55. The summed E-state index contributed by atoms with van der Waals surface area (Å²) in [7, 11) is 0. The molecule has 33 heavy (non-hydrogen) atoms. The minimum atomic E-state index is -0.623. The summed E-state index contributed by atoms with van der Waals surface area (Å²) < 4.78 is 18.2. The van der Waals surface area contributed by atoms with Gasteiger partial charge in [-0.1, -0.05) is 12.1 Å². The number of ether oxygens (including phenoxy) is 1. The molecular formula is C24H21FN2O5S. The van der Waals surface area contributed by atoms with Gasteiger partial charge in [0, 0.05) is 13.1 Å². The predicted octanol–water partition coefficient (Wildman–Crippen LogP) is 4.09. The molecule has 170 valence electrons. The summed E-state index contributed by atoms with van der Waals surface area (Å²) in [6.45, 7) is 1.06. The zero-order valence-corrected chi connectivity index (χ0v) is 18.5. The van der Waals surface area contributed by atoms with Gasteiger partial charge in [-0.25, -0.2) is 9.18 Å². The van der Waals surface area contributed by atoms with Crippen molar-refractivity contribution in [2.75, 3.05) is 19.6 Å². The predicted molar refractivity (Wildman–Crippen MR) is 121 cm³/mol. The number of piperidine rings is 1. The third-order valence-electron chi connectivity index (χ3n) is 5.34. The Balaban J connectivity index is 1.38. The molecule has 2 aliphatic heterocycles. The molecule has 0 aliphatic carbocycles. The number of hydrogen-bond acceptors (Lipinski definition) is 6. The molecule has 0 atom stereocenters. The molecule has 0 spiro atoms. The van der Waals surface area contributed by atoms with E-state index in [-0.39, 0.29) is 28.7 Å². The number of amides is 3. The Bertz CT molecular complexity index is 1110. The van der Waals surface area contributed by atoms with Gasteiger partial charge in [-0.2, -0.15) is 0 Å². The molecule has 0 unspecified atom stereocenters. The van der Waals surface area contributed by atoms with E-state index in [1.807, 2.05) is 0 Å². The molecule has 3 amide bonds. The molecule has 0 bridgehead atoms. The van der Waals surface area contributed by atoms with Crippen LogP contribution in [0.4, 0.5) is 9.18 Å². The Kier molecular flexibility index (Phi) is 6.88. The molecule has 2 aromatic carbocycles. The number of imide groups is 1.